The molecule has 2 heterocycles. The van der Waals surface area contributed by atoms with E-state index in [1.165, 1.54) is 6.08 Å². The zero-order valence-corrected chi connectivity index (χ0v) is 14.5. The Morgan fingerprint density at radius 1 is 1.52 bits per heavy atom. The van der Waals surface area contributed by atoms with Crippen LogP contribution in [0.3, 0.4) is 0 Å². The number of amides is 1. The minimum Gasteiger partial charge on any atom is -0.377 e. The van der Waals surface area contributed by atoms with Crippen LogP contribution in [0.25, 0.3) is 6.08 Å². The molecule has 1 aliphatic rings. The molecule has 0 saturated carbocycles. The van der Waals surface area contributed by atoms with Crippen molar-refractivity contribution < 1.29 is 18.8 Å². The van der Waals surface area contributed by atoms with Crippen LogP contribution in [-0.2, 0) is 20.9 Å². The second-order valence-corrected chi connectivity index (χ2v) is 5.93. The van der Waals surface area contributed by atoms with Crippen molar-refractivity contribution >= 4 is 23.6 Å². The maximum atomic E-state index is 12.6. The molecule has 1 fully saturated rings. The number of carbonyl (C=O) groups is 1. The molecule has 1 saturated heterocycles. The average Bonchev–Trinajstić information content (AvgIpc) is 3.09. The second-order valence-electron chi connectivity index (χ2n) is 5.49. The molecular weight excluding hydrogens is 346 g/mol. The zero-order chi connectivity index (χ0) is 17.6. The molecule has 1 unspecified atom stereocenters. The molecule has 7 nitrogen and oxygen atoms in total. The summed E-state index contributed by atoms with van der Waals surface area (Å²) in [6.45, 7) is 1.47. The molecule has 0 N–H and O–H groups in total. The third-order valence-electron chi connectivity index (χ3n) is 3.73. The molecule has 0 spiro atoms. The molecule has 1 amide bonds. The Kier molecular flexibility index (Phi) is 5.80. The minimum absolute atomic E-state index is 0.147. The van der Waals surface area contributed by atoms with Crippen LogP contribution < -0.4 is 0 Å². The van der Waals surface area contributed by atoms with Gasteiger partial charge in [-0.05, 0) is 23.8 Å². The van der Waals surface area contributed by atoms with Gasteiger partial charge in [0.1, 0.15) is 12.6 Å². The Bertz CT molecular complexity index is 762. The fourth-order valence-electron chi connectivity index (χ4n) is 2.54. The maximum Gasteiger partial charge on any atom is 0.252 e. The van der Waals surface area contributed by atoms with Crippen LogP contribution >= 0.6 is 11.6 Å². The number of nitrogens with zero attached hydrogens (tertiary/aromatic N) is 3. The summed E-state index contributed by atoms with van der Waals surface area (Å²) < 4.78 is 15.6. The molecule has 8 heteroatoms. The lowest BCUT2D eigenvalue weighted by Gasteiger charge is -2.32. The number of carbonyl (C=O) groups excluding carboxylic acids is 1. The summed E-state index contributed by atoms with van der Waals surface area (Å²) in [7, 11) is 1.55. The second kappa shape index (κ2) is 8.24. The van der Waals surface area contributed by atoms with Crippen LogP contribution in [0.15, 0.2) is 34.9 Å². The summed E-state index contributed by atoms with van der Waals surface area (Å²) in [6.07, 6.45) is 3.24. The van der Waals surface area contributed by atoms with E-state index in [1.54, 1.807) is 30.2 Å². The first kappa shape index (κ1) is 17.6. The summed E-state index contributed by atoms with van der Waals surface area (Å²) in [5, 5.41) is 4.56. The molecule has 1 atom stereocenters. The van der Waals surface area contributed by atoms with Crippen molar-refractivity contribution in [1.82, 2.24) is 15.0 Å². The number of halogens is 1. The van der Waals surface area contributed by atoms with E-state index in [1.807, 2.05) is 12.1 Å². The highest BCUT2D eigenvalue weighted by molar-refractivity contribution is 6.30. The van der Waals surface area contributed by atoms with E-state index < -0.39 is 0 Å². The van der Waals surface area contributed by atoms with Crippen LogP contribution in [0.5, 0.6) is 0 Å². The summed E-state index contributed by atoms with van der Waals surface area (Å²) >= 11 is 5.96. The summed E-state index contributed by atoms with van der Waals surface area (Å²) in [5.74, 6) is 0.632. The van der Waals surface area contributed by atoms with Crippen LogP contribution in [0.4, 0.5) is 0 Å². The third-order valence-corrected chi connectivity index (χ3v) is 3.96. The molecule has 2 aromatic rings. The Morgan fingerprint density at radius 2 is 2.40 bits per heavy atom. The summed E-state index contributed by atoms with van der Waals surface area (Å²) in [5.41, 5.74) is 0.854. The van der Waals surface area contributed by atoms with Crippen molar-refractivity contribution in [2.75, 3.05) is 26.9 Å². The molecule has 1 aromatic carbocycles. The standard InChI is InChI=1S/C17H18ClN3O4/c1-23-11-15-19-17(20-25-15)14-10-24-8-7-21(14)16(22)6-5-12-3-2-4-13(18)9-12/h2-6,9,14H,7-8,10-11H2,1H3. The van der Waals surface area contributed by atoms with Gasteiger partial charge in [-0.25, -0.2) is 0 Å². The van der Waals surface area contributed by atoms with E-state index in [-0.39, 0.29) is 18.6 Å². The Labute approximate surface area is 150 Å². The lowest BCUT2D eigenvalue weighted by atomic mass is 10.2. The van der Waals surface area contributed by atoms with E-state index in [0.717, 1.165) is 5.56 Å². The molecule has 1 aromatic heterocycles. The number of morpholine rings is 1. The first-order chi connectivity index (χ1) is 12.2. The fourth-order valence-corrected chi connectivity index (χ4v) is 2.74. The highest BCUT2D eigenvalue weighted by atomic mass is 35.5. The van der Waals surface area contributed by atoms with Crippen LogP contribution in [0, 0.1) is 0 Å². The molecule has 0 aliphatic carbocycles. The van der Waals surface area contributed by atoms with Crippen molar-refractivity contribution in [1.29, 1.82) is 0 Å². The molecule has 132 valence electrons. The van der Waals surface area contributed by atoms with Gasteiger partial charge < -0.3 is 18.9 Å². The van der Waals surface area contributed by atoms with Gasteiger partial charge in [0.15, 0.2) is 5.82 Å². The summed E-state index contributed by atoms with van der Waals surface area (Å²) in [6, 6.07) is 6.90. The largest absolute Gasteiger partial charge is 0.377 e. The lowest BCUT2D eigenvalue weighted by Crippen LogP contribution is -2.43. The first-order valence-electron chi connectivity index (χ1n) is 7.81. The van der Waals surface area contributed by atoms with Gasteiger partial charge >= 0.3 is 0 Å². The molecule has 0 radical (unpaired) electrons. The average molecular weight is 364 g/mol. The fraction of sp³-hybridized carbons (Fsp3) is 0.353. The minimum atomic E-state index is -0.389. The first-order valence-corrected chi connectivity index (χ1v) is 8.18. The highest BCUT2D eigenvalue weighted by Crippen LogP contribution is 2.23. The van der Waals surface area contributed by atoms with Gasteiger partial charge in [0, 0.05) is 24.8 Å². The zero-order valence-electron chi connectivity index (χ0n) is 13.7. The number of hydrogen-bond donors (Lipinski definition) is 0. The number of ether oxygens (including phenoxy) is 2. The number of benzene rings is 1. The van der Waals surface area contributed by atoms with Gasteiger partial charge in [-0.15, -0.1) is 0 Å². The quantitative estimate of drug-likeness (QED) is 0.759. The van der Waals surface area contributed by atoms with E-state index in [2.05, 4.69) is 10.1 Å². The lowest BCUT2D eigenvalue weighted by molar-refractivity contribution is -0.135. The van der Waals surface area contributed by atoms with Gasteiger partial charge in [-0.3, -0.25) is 4.79 Å². The van der Waals surface area contributed by atoms with Gasteiger partial charge in [0.25, 0.3) is 5.89 Å². The predicted molar refractivity (Wildman–Crippen MR) is 90.8 cm³/mol. The van der Waals surface area contributed by atoms with E-state index in [4.69, 9.17) is 25.6 Å². The van der Waals surface area contributed by atoms with Gasteiger partial charge in [0.05, 0.1) is 13.2 Å². The number of methoxy groups -OCH3 is 1. The van der Waals surface area contributed by atoms with Crippen LogP contribution in [0.2, 0.25) is 5.02 Å². The number of rotatable bonds is 5. The van der Waals surface area contributed by atoms with Crippen molar-refractivity contribution in [3.8, 4) is 0 Å². The number of aromatic nitrogens is 2. The molecular formula is C17H18ClN3O4. The molecule has 25 heavy (non-hydrogen) atoms. The Morgan fingerprint density at radius 3 is 3.20 bits per heavy atom. The monoisotopic (exact) mass is 363 g/mol. The molecule has 0 bridgehead atoms. The van der Waals surface area contributed by atoms with Gasteiger partial charge in [-0.1, -0.05) is 28.9 Å². The summed E-state index contributed by atoms with van der Waals surface area (Å²) in [4.78, 5) is 18.6. The van der Waals surface area contributed by atoms with E-state index in [0.29, 0.717) is 36.5 Å². The normalized spacial score (nSPS) is 18.0. The maximum absolute atomic E-state index is 12.6. The molecule has 1 aliphatic heterocycles. The van der Waals surface area contributed by atoms with Gasteiger partial charge in [0.2, 0.25) is 5.91 Å². The highest BCUT2D eigenvalue weighted by Gasteiger charge is 2.31. The third kappa shape index (κ3) is 4.45. The van der Waals surface area contributed by atoms with Gasteiger partial charge in [-0.2, -0.15) is 4.98 Å². The van der Waals surface area contributed by atoms with Crippen molar-refractivity contribution in [2.24, 2.45) is 0 Å². The van der Waals surface area contributed by atoms with E-state index in [9.17, 15) is 4.79 Å². The Hall–Kier alpha value is -2.22. The van der Waals surface area contributed by atoms with Crippen LogP contribution in [-0.4, -0.2) is 47.8 Å². The number of hydrogen-bond acceptors (Lipinski definition) is 6. The van der Waals surface area contributed by atoms with Crippen molar-refractivity contribution in [2.45, 2.75) is 12.6 Å². The SMILES string of the molecule is COCc1nc(C2COCCN2C(=O)C=Cc2cccc(Cl)c2)no1. The predicted octanol–water partition coefficient (Wildman–Crippen LogP) is 2.48. The van der Waals surface area contributed by atoms with Crippen molar-refractivity contribution in [3.63, 3.8) is 0 Å². The smallest absolute Gasteiger partial charge is 0.252 e. The topological polar surface area (TPSA) is 77.7 Å². The van der Waals surface area contributed by atoms with E-state index >= 15 is 0 Å². The van der Waals surface area contributed by atoms with Crippen LogP contribution in [0.1, 0.15) is 23.3 Å². The molecule has 3 rings (SSSR count). The van der Waals surface area contributed by atoms with Crippen molar-refractivity contribution in [3.05, 3.63) is 52.6 Å². The Balaban J connectivity index is 1.74.